The minimum Gasteiger partial charge on any atom is -0.492 e. The van der Waals surface area contributed by atoms with Crippen LogP contribution in [-0.4, -0.2) is 30.1 Å². The Morgan fingerprint density at radius 3 is 2.50 bits per heavy atom. The summed E-state index contributed by atoms with van der Waals surface area (Å²) in [4.78, 5) is 24.5. The summed E-state index contributed by atoms with van der Waals surface area (Å²) in [6, 6.07) is 12.0. The molecule has 0 aliphatic carbocycles. The summed E-state index contributed by atoms with van der Waals surface area (Å²) in [5.74, 6) is 0.734. The second-order valence-electron chi connectivity index (χ2n) is 7.02. The molecule has 2 aromatic rings. The number of halogens is 1. The van der Waals surface area contributed by atoms with Crippen LogP contribution in [0.1, 0.15) is 47.9 Å². The number of rotatable bonds is 8. The van der Waals surface area contributed by atoms with E-state index >= 15 is 0 Å². The molecule has 6 nitrogen and oxygen atoms in total. The van der Waals surface area contributed by atoms with Crippen LogP contribution in [0.5, 0.6) is 5.75 Å². The predicted molar refractivity (Wildman–Crippen MR) is 127 cm³/mol. The molecule has 0 fully saturated rings. The molecule has 0 spiro atoms. The summed E-state index contributed by atoms with van der Waals surface area (Å²) in [5.41, 5.74) is 1.56. The van der Waals surface area contributed by atoms with Crippen molar-refractivity contribution in [3.63, 3.8) is 0 Å². The van der Waals surface area contributed by atoms with Crippen LogP contribution in [0.2, 0.25) is 0 Å². The minimum atomic E-state index is -0.346. The molecule has 160 valence electrons. The van der Waals surface area contributed by atoms with Crippen LogP contribution < -0.4 is 20.7 Å². The Labute approximate surface area is 190 Å². The van der Waals surface area contributed by atoms with Gasteiger partial charge in [-0.05, 0) is 83.8 Å². The summed E-state index contributed by atoms with van der Waals surface area (Å²) < 4.78 is 6.44. The van der Waals surface area contributed by atoms with Crippen LogP contribution in [-0.2, 0) is 0 Å². The van der Waals surface area contributed by atoms with Crippen molar-refractivity contribution < 1.29 is 14.3 Å². The maximum absolute atomic E-state index is 12.5. The highest BCUT2D eigenvalue weighted by Crippen LogP contribution is 2.26. The van der Waals surface area contributed by atoms with Crippen molar-refractivity contribution >= 4 is 50.8 Å². The number of carbonyl (C=O) groups excluding carboxylic acids is 2. The molecule has 0 unspecified atom stereocenters. The lowest BCUT2D eigenvalue weighted by atomic mass is 10.1. The Morgan fingerprint density at radius 2 is 1.83 bits per heavy atom. The van der Waals surface area contributed by atoms with Crippen molar-refractivity contribution in [3.8, 4) is 5.75 Å². The highest BCUT2D eigenvalue weighted by atomic mass is 79.9. The van der Waals surface area contributed by atoms with Crippen LogP contribution in [0.15, 0.2) is 46.9 Å². The highest BCUT2D eigenvalue weighted by Gasteiger charge is 2.12. The zero-order valence-electron chi connectivity index (χ0n) is 17.3. The average molecular weight is 492 g/mol. The summed E-state index contributed by atoms with van der Waals surface area (Å²) in [6.07, 6.45) is 0.954. The lowest BCUT2D eigenvalue weighted by molar-refractivity contribution is 0.0953. The Balaban J connectivity index is 1.96. The second kappa shape index (κ2) is 11.7. The lowest BCUT2D eigenvalue weighted by Crippen LogP contribution is -2.34. The highest BCUT2D eigenvalue weighted by molar-refractivity contribution is 9.10. The first-order valence-corrected chi connectivity index (χ1v) is 10.9. The third kappa shape index (κ3) is 7.42. The van der Waals surface area contributed by atoms with Crippen LogP contribution in [0.3, 0.4) is 0 Å². The molecule has 2 aromatic carbocycles. The van der Waals surface area contributed by atoms with E-state index in [0.29, 0.717) is 46.1 Å². The molecule has 0 atom stereocenters. The maximum atomic E-state index is 12.5. The van der Waals surface area contributed by atoms with Gasteiger partial charge >= 0.3 is 0 Å². The summed E-state index contributed by atoms with van der Waals surface area (Å²) in [6.45, 7) is 7.29. The van der Waals surface area contributed by atoms with E-state index in [1.54, 1.807) is 42.5 Å². The fourth-order valence-corrected chi connectivity index (χ4v) is 3.21. The van der Waals surface area contributed by atoms with Crippen molar-refractivity contribution in [2.24, 2.45) is 5.92 Å². The fourth-order valence-electron chi connectivity index (χ4n) is 2.50. The molecular weight excluding hydrogens is 466 g/mol. The van der Waals surface area contributed by atoms with Crippen LogP contribution >= 0.6 is 28.1 Å². The Bertz CT molecular complexity index is 918. The van der Waals surface area contributed by atoms with Gasteiger partial charge in [0.15, 0.2) is 5.11 Å². The number of ether oxygens (including phenoxy) is 1. The molecule has 30 heavy (non-hydrogen) atoms. The first kappa shape index (κ1) is 23.8. The maximum Gasteiger partial charge on any atom is 0.257 e. The monoisotopic (exact) mass is 491 g/mol. The van der Waals surface area contributed by atoms with Gasteiger partial charge in [0.1, 0.15) is 5.75 Å². The topological polar surface area (TPSA) is 79.5 Å². The molecule has 2 rings (SSSR count). The number of anilines is 1. The standard InChI is InChI=1S/C22H26BrN3O3S/c1-4-24-20(27)15-6-5-7-17(12-15)25-22(30)26-21(28)16-8-9-19(18(23)13-16)29-11-10-14(2)3/h5-9,12-14H,4,10-11H2,1-3H3,(H,24,27)(H2,25,26,28,30). The van der Waals surface area contributed by atoms with Gasteiger partial charge < -0.3 is 15.4 Å². The van der Waals surface area contributed by atoms with E-state index < -0.39 is 0 Å². The van der Waals surface area contributed by atoms with Gasteiger partial charge in [-0.3, -0.25) is 14.9 Å². The van der Waals surface area contributed by atoms with Gasteiger partial charge in [0.05, 0.1) is 11.1 Å². The van der Waals surface area contributed by atoms with Crippen molar-refractivity contribution in [2.45, 2.75) is 27.2 Å². The van der Waals surface area contributed by atoms with Gasteiger partial charge in [-0.25, -0.2) is 0 Å². The predicted octanol–water partition coefficient (Wildman–Crippen LogP) is 4.75. The molecule has 0 aliphatic rings. The van der Waals surface area contributed by atoms with Crippen LogP contribution in [0.4, 0.5) is 5.69 Å². The van der Waals surface area contributed by atoms with Crippen molar-refractivity contribution in [1.29, 1.82) is 0 Å². The van der Waals surface area contributed by atoms with E-state index in [1.165, 1.54) is 0 Å². The number of benzene rings is 2. The van der Waals surface area contributed by atoms with E-state index in [9.17, 15) is 9.59 Å². The van der Waals surface area contributed by atoms with Crippen molar-refractivity contribution in [3.05, 3.63) is 58.1 Å². The summed E-state index contributed by atoms with van der Waals surface area (Å²) in [5, 5.41) is 8.45. The van der Waals surface area contributed by atoms with E-state index in [0.717, 1.165) is 6.42 Å². The third-order valence-corrected chi connectivity index (χ3v) is 4.92. The van der Waals surface area contributed by atoms with Crippen LogP contribution in [0.25, 0.3) is 0 Å². The third-order valence-electron chi connectivity index (χ3n) is 4.09. The SMILES string of the molecule is CCNC(=O)c1cccc(NC(=S)NC(=O)c2ccc(OCCC(C)C)c(Br)c2)c1. The Morgan fingerprint density at radius 1 is 1.10 bits per heavy atom. The first-order valence-electron chi connectivity index (χ1n) is 9.73. The van der Waals surface area contributed by atoms with Crippen molar-refractivity contribution in [1.82, 2.24) is 10.6 Å². The van der Waals surface area contributed by atoms with Gasteiger partial charge in [0.25, 0.3) is 11.8 Å². The number of hydrogen-bond donors (Lipinski definition) is 3. The molecular formula is C22H26BrN3O3S. The molecule has 0 aromatic heterocycles. The second-order valence-corrected chi connectivity index (χ2v) is 8.29. The van der Waals surface area contributed by atoms with E-state index in [4.69, 9.17) is 17.0 Å². The van der Waals surface area contributed by atoms with E-state index in [2.05, 4.69) is 45.7 Å². The molecule has 0 bridgehead atoms. The summed E-state index contributed by atoms with van der Waals surface area (Å²) in [7, 11) is 0. The number of hydrogen-bond acceptors (Lipinski definition) is 4. The van der Waals surface area contributed by atoms with Gasteiger partial charge in [-0.1, -0.05) is 19.9 Å². The molecule has 0 aliphatic heterocycles. The zero-order chi connectivity index (χ0) is 22.1. The number of nitrogens with one attached hydrogen (secondary N) is 3. The molecule has 3 N–H and O–H groups in total. The van der Waals surface area contributed by atoms with E-state index in [-0.39, 0.29) is 16.9 Å². The van der Waals surface area contributed by atoms with Gasteiger partial charge in [0, 0.05) is 23.4 Å². The normalized spacial score (nSPS) is 10.4. The smallest absolute Gasteiger partial charge is 0.257 e. The molecule has 0 saturated carbocycles. The quantitative estimate of drug-likeness (QED) is 0.464. The Kier molecular flexibility index (Phi) is 9.26. The summed E-state index contributed by atoms with van der Waals surface area (Å²) >= 11 is 8.68. The molecule has 0 heterocycles. The molecule has 8 heteroatoms. The van der Waals surface area contributed by atoms with Crippen molar-refractivity contribution in [2.75, 3.05) is 18.5 Å². The number of carbonyl (C=O) groups is 2. The van der Waals surface area contributed by atoms with Gasteiger partial charge in [-0.15, -0.1) is 0 Å². The number of amides is 2. The van der Waals surface area contributed by atoms with Gasteiger partial charge in [0.2, 0.25) is 0 Å². The zero-order valence-corrected chi connectivity index (χ0v) is 19.7. The van der Waals surface area contributed by atoms with E-state index in [1.807, 2.05) is 6.92 Å². The minimum absolute atomic E-state index is 0.140. The Hall–Kier alpha value is -2.45. The van der Waals surface area contributed by atoms with Crippen LogP contribution in [0, 0.1) is 5.92 Å². The molecule has 0 saturated heterocycles. The number of thiocarbonyl (C=S) groups is 1. The van der Waals surface area contributed by atoms with Gasteiger partial charge in [-0.2, -0.15) is 0 Å². The molecule has 0 radical (unpaired) electrons. The first-order chi connectivity index (χ1) is 14.3. The fraction of sp³-hybridized carbons (Fsp3) is 0.318. The lowest BCUT2D eigenvalue weighted by Gasteiger charge is -2.12. The average Bonchev–Trinajstić information content (AvgIpc) is 2.69. The molecule has 2 amide bonds. The largest absolute Gasteiger partial charge is 0.492 e.